The van der Waals surface area contributed by atoms with Crippen LogP contribution >= 0.6 is 15.9 Å². The zero-order valence-corrected chi connectivity index (χ0v) is 10.6. The fraction of sp³-hybridized carbons (Fsp3) is 0.556. The first-order valence-electron chi connectivity index (χ1n) is 4.87. The van der Waals surface area contributed by atoms with E-state index in [9.17, 15) is 4.79 Å². The molecule has 1 aromatic heterocycles. The summed E-state index contributed by atoms with van der Waals surface area (Å²) in [4.78, 5) is 17.8. The molecule has 0 saturated carbocycles. The molecule has 0 bridgehead atoms. The van der Waals surface area contributed by atoms with Crippen molar-refractivity contribution in [1.82, 2.24) is 9.97 Å². The highest BCUT2D eigenvalue weighted by atomic mass is 79.9. The maximum Gasteiger partial charge on any atom is 0.267 e. The number of methoxy groups -OCH3 is 1. The molecule has 0 amide bonds. The molecule has 1 unspecified atom stereocenters. The van der Waals surface area contributed by atoms with Gasteiger partial charge in [0.05, 0.1) is 19.0 Å². The van der Waals surface area contributed by atoms with Crippen LogP contribution in [0.25, 0.3) is 0 Å². The molecule has 1 heterocycles. The zero-order valence-electron chi connectivity index (χ0n) is 9.00. The first kappa shape index (κ1) is 13.1. The van der Waals surface area contributed by atoms with Gasteiger partial charge in [-0.1, -0.05) is 0 Å². The van der Waals surface area contributed by atoms with Crippen LogP contribution in [0.1, 0.15) is 6.42 Å². The number of H-pyrrole nitrogens is 1. The van der Waals surface area contributed by atoms with Gasteiger partial charge in [-0.3, -0.25) is 4.79 Å². The molecule has 7 heteroatoms. The van der Waals surface area contributed by atoms with E-state index in [1.54, 1.807) is 7.11 Å². The van der Waals surface area contributed by atoms with Gasteiger partial charge in [-0.15, -0.1) is 0 Å². The van der Waals surface area contributed by atoms with Crippen molar-refractivity contribution in [2.24, 2.45) is 5.73 Å². The van der Waals surface area contributed by atoms with Crippen molar-refractivity contribution < 1.29 is 4.74 Å². The SMILES string of the molecule is COCC(CCN)Nc1nc[nH]c(=O)c1Br. The van der Waals surface area contributed by atoms with Gasteiger partial charge in [0.1, 0.15) is 10.3 Å². The molecule has 0 aromatic carbocycles. The predicted octanol–water partition coefficient (Wildman–Crippen LogP) is 0.308. The fourth-order valence-electron chi connectivity index (χ4n) is 1.28. The van der Waals surface area contributed by atoms with Crippen LogP contribution in [-0.2, 0) is 4.74 Å². The summed E-state index contributed by atoms with van der Waals surface area (Å²) in [7, 11) is 1.62. The molecule has 0 fully saturated rings. The number of halogens is 1. The van der Waals surface area contributed by atoms with Gasteiger partial charge >= 0.3 is 0 Å². The van der Waals surface area contributed by atoms with Gasteiger partial charge in [0.2, 0.25) is 0 Å². The van der Waals surface area contributed by atoms with Crippen LogP contribution in [0.3, 0.4) is 0 Å². The van der Waals surface area contributed by atoms with Crippen molar-refractivity contribution in [3.63, 3.8) is 0 Å². The first-order valence-corrected chi connectivity index (χ1v) is 5.67. The number of nitrogens with two attached hydrogens (primary N) is 1. The third-order valence-corrected chi connectivity index (χ3v) is 2.76. The van der Waals surface area contributed by atoms with Gasteiger partial charge < -0.3 is 20.8 Å². The molecule has 4 N–H and O–H groups in total. The molecule has 16 heavy (non-hydrogen) atoms. The third kappa shape index (κ3) is 3.58. The van der Waals surface area contributed by atoms with E-state index in [1.165, 1.54) is 6.33 Å². The highest BCUT2D eigenvalue weighted by Gasteiger charge is 2.11. The summed E-state index contributed by atoms with van der Waals surface area (Å²) in [5.41, 5.74) is 5.26. The molecule has 0 radical (unpaired) electrons. The van der Waals surface area contributed by atoms with Gasteiger partial charge in [0.25, 0.3) is 5.56 Å². The molecular weight excluding hydrogens is 276 g/mol. The Kier molecular flexibility index (Phi) is 5.44. The molecule has 90 valence electrons. The Hall–Kier alpha value is -0.920. The monoisotopic (exact) mass is 290 g/mol. The van der Waals surface area contributed by atoms with E-state index in [0.29, 0.717) is 23.4 Å². The Morgan fingerprint density at radius 1 is 1.75 bits per heavy atom. The summed E-state index contributed by atoms with van der Waals surface area (Å²) in [5.74, 6) is 0.499. The molecule has 1 rings (SSSR count). The summed E-state index contributed by atoms with van der Waals surface area (Å²) >= 11 is 3.17. The molecule has 0 aliphatic carbocycles. The molecule has 1 atom stereocenters. The lowest BCUT2D eigenvalue weighted by Gasteiger charge is -2.17. The Bertz CT molecular complexity index is 376. The minimum absolute atomic E-state index is 0.0422. The molecule has 0 aliphatic rings. The molecule has 1 aromatic rings. The van der Waals surface area contributed by atoms with E-state index in [-0.39, 0.29) is 11.6 Å². The number of rotatable bonds is 6. The highest BCUT2D eigenvalue weighted by Crippen LogP contribution is 2.15. The summed E-state index contributed by atoms with van der Waals surface area (Å²) in [5, 5.41) is 3.11. The van der Waals surface area contributed by atoms with Crippen molar-refractivity contribution in [2.75, 3.05) is 25.6 Å². The second-order valence-corrected chi connectivity index (χ2v) is 4.06. The summed E-state index contributed by atoms with van der Waals surface area (Å²) in [6.07, 6.45) is 2.09. The minimum atomic E-state index is -0.221. The molecule has 6 nitrogen and oxygen atoms in total. The average molecular weight is 291 g/mol. The van der Waals surface area contributed by atoms with Gasteiger partial charge in [0.15, 0.2) is 0 Å². The maximum atomic E-state index is 11.3. The number of nitrogens with zero attached hydrogens (tertiary/aromatic N) is 1. The van der Waals surface area contributed by atoms with Crippen molar-refractivity contribution in [1.29, 1.82) is 0 Å². The number of hydrogen-bond acceptors (Lipinski definition) is 5. The van der Waals surface area contributed by atoms with Crippen LogP contribution in [0.2, 0.25) is 0 Å². The second kappa shape index (κ2) is 6.62. The number of hydrogen-bond donors (Lipinski definition) is 3. The quantitative estimate of drug-likeness (QED) is 0.701. The van der Waals surface area contributed by atoms with E-state index in [4.69, 9.17) is 10.5 Å². The van der Waals surface area contributed by atoms with Gasteiger partial charge in [-0.25, -0.2) is 4.98 Å². The van der Waals surface area contributed by atoms with E-state index < -0.39 is 0 Å². The predicted molar refractivity (Wildman–Crippen MR) is 65.5 cm³/mol. The lowest BCUT2D eigenvalue weighted by Crippen LogP contribution is -2.29. The van der Waals surface area contributed by atoms with Crippen LogP contribution in [-0.4, -0.2) is 36.3 Å². The standard InChI is InChI=1S/C9H15BrN4O2/c1-16-4-6(2-3-11)14-8-7(10)9(15)13-5-12-8/h5-6H,2-4,11H2,1H3,(H2,12,13,14,15). The van der Waals surface area contributed by atoms with Crippen LogP contribution in [0.5, 0.6) is 0 Å². The number of aromatic amines is 1. The van der Waals surface area contributed by atoms with Crippen molar-refractivity contribution in [3.05, 3.63) is 21.2 Å². The van der Waals surface area contributed by atoms with Crippen molar-refractivity contribution >= 4 is 21.7 Å². The van der Waals surface area contributed by atoms with Crippen molar-refractivity contribution in [3.8, 4) is 0 Å². The molecule has 0 spiro atoms. The molecule has 0 saturated heterocycles. The minimum Gasteiger partial charge on any atom is -0.383 e. The largest absolute Gasteiger partial charge is 0.383 e. The normalized spacial score (nSPS) is 12.4. The van der Waals surface area contributed by atoms with Gasteiger partial charge in [-0.05, 0) is 28.9 Å². The number of ether oxygens (including phenoxy) is 1. The molecule has 0 aliphatic heterocycles. The second-order valence-electron chi connectivity index (χ2n) is 3.27. The topological polar surface area (TPSA) is 93.0 Å². The van der Waals surface area contributed by atoms with E-state index in [2.05, 4.69) is 31.2 Å². The van der Waals surface area contributed by atoms with E-state index >= 15 is 0 Å². The van der Waals surface area contributed by atoms with Crippen LogP contribution in [0, 0.1) is 0 Å². The highest BCUT2D eigenvalue weighted by molar-refractivity contribution is 9.10. The lowest BCUT2D eigenvalue weighted by molar-refractivity contribution is 0.183. The maximum absolute atomic E-state index is 11.3. The van der Waals surface area contributed by atoms with Crippen molar-refractivity contribution in [2.45, 2.75) is 12.5 Å². The van der Waals surface area contributed by atoms with Crippen LogP contribution in [0.4, 0.5) is 5.82 Å². The van der Waals surface area contributed by atoms with E-state index in [1.807, 2.05) is 0 Å². The number of aromatic nitrogens is 2. The van der Waals surface area contributed by atoms with E-state index in [0.717, 1.165) is 6.42 Å². The summed E-state index contributed by atoms with van der Waals surface area (Å²) in [6.45, 7) is 1.06. The fourth-order valence-corrected chi connectivity index (χ4v) is 1.61. The van der Waals surface area contributed by atoms with Gasteiger partial charge in [-0.2, -0.15) is 0 Å². The third-order valence-electron chi connectivity index (χ3n) is 2.02. The Labute approximate surface area is 102 Å². The number of nitrogens with one attached hydrogen (secondary N) is 2. The first-order chi connectivity index (χ1) is 7.69. The van der Waals surface area contributed by atoms with Crippen LogP contribution < -0.4 is 16.6 Å². The Morgan fingerprint density at radius 3 is 3.12 bits per heavy atom. The van der Waals surface area contributed by atoms with Crippen LogP contribution in [0.15, 0.2) is 15.6 Å². The smallest absolute Gasteiger partial charge is 0.267 e. The Morgan fingerprint density at radius 2 is 2.50 bits per heavy atom. The lowest BCUT2D eigenvalue weighted by atomic mass is 10.2. The van der Waals surface area contributed by atoms with Gasteiger partial charge in [0, 0.05) is 7.11 Å². The zero-order chi connectivity index (χ0) is 12.0. The Balaban J connectivity index is 2.76. The average Bonchev–Trinajstić information content (AvgIpc) is 2.25. The summed E-state index contributed by atoms with van der Waals surface area (Å²) < 4.78 is 5.43. The number of anilines is 1. The molecular formula is C9H15BrN4O2. The summed E-state index contributed by atoms with van der Waals surface area (Å²) in [6, 6.07) is 0.0422.